The van der Waals surface area contributed by atoms with Gasteiger partial charge in [-0.2, -0.15) is 0 Å². The van der Waals surface area contributed by atoms with Crippen molar-refractivity contribution in [3.63, 3.8) is 0 Å². The van der Waals surface area contributed by atoms with Gasteiger partial charge in [-0.1, -0.05) is 0 Å². The summed E-state index contributed by atoms with van der Waals surface area (Å²) in [5.41, 5.74) is 0. The molecule has 1 saturated heterocycles. The van der Waals surface area contributed by atoms with E-state index in [0.717, 1.165) is 12.1 Å². The minimum atomic E-state index is -0.751. The summed E-state index contributed by atoms with van der Waals surface area (Å²) < 4.78 is 31.1. The number of aliphatic hydroxyl groups excluding tert-OH is 1. The van der Waals surface area contributed by atoms with Crippen LogP contribution in [0.5, 0.6) is 5.75 Å². The third-order valence-corrected chi connectivity index (χ3v) is 3.20. The predicted molar refractivity (Wildman–Crippen MR) is 68.3 cm³/mol. The van der Waals surface area contributed by atoms with Crippen LogP contribution < -0.4 is 4.74 Å². The van der Waals surface area contributed by atoms with Crippen LogP contribution in [-0.2, 0) is 4.79 Å². The first-order valence-electron chi connectivity index (χ1n) is 6.60. The molecule has 1 aromatic carbocycles. The van der Waals surface area contributed by atoms with Crippen LogP contribution in [0, 0.1) is 11.6 Å². The highest BCUT2D eigenvalue weighted by atomic mass is 19.1. The van der Waals surface area contributed by atoms with E-state index in [1.54, 1.807) is 4.90 Å². The molecule has 1 N–H and O–H groups in total. The highest BCUT2D eigenvalue weighted by molar-refractivity contribution is 5.76. The number of likely N-dealkylation sites (tertiary alicyclic amines) is 1. The van der Waals surface area contributed by atoms with Crippen molar-refractivity contribution in [3.8, 4) is 5.75 Å². The van der Waals surface area contributed by atoms with Crippen molar-refractivity contribution >= 4 is 5.91 Å². The Labute approximate surface area is 116 Å². The first kappa shape index (κ1) is 14.7. The first-order chi connectivity index (χ1) is 9.56. The molecule has 0 unspecified atom stereocenters. The summed E-state index contributed by atoms with van der Waals surface area (Å²) in [6.45, 7) is 1.14. The van der Waals surface area contributed by atoms with Gasteiger partial charge >= 0.3 is 0 Å². The average molecular weight is 285 g/mol. The Morgan fingerprint density at radius 3 is 2.90 bits per heavy atom. The van der Waals surface area contributed by atoms with E-state index in [0.29, 0.717) is 25.9 Å². The molecule has 6 heteroatoms. The average Bonchev–Trinajstić information content (AvgIpc) is 2.83. The molecule has 2 rings (SSSR count). The van der Waals surface area contributed by atoms with E-state index in [4.69, 9.17) is 4.74 Å². The maximum absolute atomic E-state index is 13.3. The smallest absolute Gasteiger partial charge is 0.222 e. The maximum atomic E-state index is 13.3. The van der Waals surface area contributed by atoms with Crippen molar-refractivity contribution in [2.45, 2.75) is 25.4 Å². The Morgan fingerprint density at radius 2 is 2.25 bits per heavy atom. The molecule has 0 saturated carbocycles. The lowest BCUT2D eigenvalue weighted by molar-refractivity contribution is -0.130. The summed E-state index contributed by atoms with van der Waals surface area (Å²) in [5.74, 6) is -1.46. The molecule has 1 fully saturated rings. The Kier molecular flexibility index (Phi) is 4.89. The molecule has 4 nitrogen and oxygen atoms in total. The van der Waals surface area contributed by atoms with Gasteiger partial charge in [0, 0.05) is 25.6 Å². The van der Waals surface area contributed by atoms with Crippen LogP contribution in [-0.4, -0.2) is 41.7 Å². The molecule has 0 radical (unpaired) electrons. The number of halogens is 2. The maximum Gasteiger partial charge on any atom is 0.222 e. The number of ether oxygens (including phenoxy) is 1. The zero-order valence-corrected chi connectivity index (χ0v) is 11.0. The van der Waals surface area contributed by atoms with Crippen LogP contribution in [0.15, 0.2) is 18.2 Å². The Morgan fingerprint density at radius 1 is 1.45 bits per heavy atom. The van der Waals surface area contributed by atoms with E-state index < -0.39 is 17.7 Å². The zero-order chi connectivity index (χ0) is 14.5. The van der Waals surface area contributed by atoms with Crippen molar-refractivity contribution in [1.82, 2.24) is 4.90 Å². The van der Waals surface area contributed by atoms with E-state index >= 15 is 0 Å². The molecule has 0 aromatic heterocycles. The summed E-state index contributed by atoms with van der Waals surface area (Å²) in [6.07, 6.45) is 0.921. The lowest BCUT2D eigenvalue weighted by atomic mass is 10.3. The van der Waals surface area contributed by atoms with Crippen molar-refractivity contribution in [3.05, 3.63) is 29.8 Å². The van der Waals surface area contributed by atoms with Crippen molar-refractivity contribution in [2.24, 2.45) is 0 Å². The Bertz CT molecular complexity index is 481. The van der Waals surface area contributed by atoms with Crippen LogP contribution in [0.1, 0.15) is 19.3 Å². The van der Waals surface area contributed by atoms with Gasteiger partial charge in [-0.25, -0.2) is 8.78 Å². The number of amides is 1. The van der Waals surface area contributed by atoms with Gasteiger partial charge in [0.1, 0.15) is 5.82 Å². The zero-order valence-electron chi connectivity index (χ0n) is 11.0. The highest BCUT2D eigenvalue weighted by Gasteiger charge is 2.23. The number of β-amino-alcohol motifs (C(OH)–C–C–N with tert-alkyl or cyclic N) is 1. The minimum Gasteiger partial charge on any atom is -0.491 e. The van der Waals surface area contributed by atoms with Crippen molar-refractivity contribution < 1.29 is 23.4 Å². The number of hydrogen-bond donors (Lipinski definition) is 1. The van der Waals surface area contributed by atoms with Crippen molar-refractivity contribution in [1.29, 1.82) is 0 Å². The van der Waals surface area contributed by atoms with Crippen LogP contribution in [0.4, 0.5) is 8.78 Å². The SMILES string of the molecule is O=C(CCCOc1ccc(F)cc1F)N1CC[C@@H](O)C1. The molecule has 0 bridgehead atoms. The number of carbonyl (C=O) groups excluding carboxylic acids is 1. The van der Waals surface area contributed by atoms with Crippen molar-refractivity contribution in [2.75, 3.05) is 19.7 Å². The molecule has 1 atom stereocenters. The monoisotopic (exact) mass is 285 g/mol. The van der Waals surface area contributed by atoms with Gasteiger partial charge in [-0.15, -0.1) is 0 Å². The summed E-state index contributed by atoms with van der Waals surface area (Å²) in [4.78, 5) is 13.4. The van der Waals surface area contributed by atoms with Gasteiger partial charge in [-0.3, -0.25) is 4.79 Å². The molecule has 1 aliphatic rings. The van der Waals surface area contributed by atoms with Crippen LogP contribution in [0.3, 0.4) is 0 Å². The number of hydrogen-bond acceptors (Lipinski definition) is 3. The second kappa shape index (κ2) is 6.65. The molecule has 1 amide bonds. The number of rotatable bonds is 5. The molecule has 20 heavy (non-hydrogen) atoms. The topological polar surface area (TPSA) is 49.8 Å². The van der Waals surface area contributed by atoms with Crippen LogP contribution in [0.2, 0.25) is 0 Å². The summed E-state index contributed by atoms with van der Waals surface area (Å²) in [5, 5.41) is 9.33. The van der Waals surface area contributed by atoms with Gasteiger partial charge in [-0.05, 0) is 25.0 Å². The summed E-state index contributed by atoms with van der Waals surface area (Å²) in [6, 6.07) is 3.10. The fourth-order valence-corrected chi connectivity index (χ4v) is 2.12. The summed E-state index contributed by atoms with van der Waals surface area (Å²) >= 11 is 0. The fraction of sp³-hybridized carbons (Fsp3) is 0.500. The van der Waals surface area contributed by atoms with Gasteiger partial charge in [0.15, 0.2) is 11.6 Å². The van der Waals surface area contributed by atoms with E-state index in [-0.39, 0.29) is 24.7 Å². The standard InChI is InChI=1S/C14H17F2NO3/c15-10-3-4-13(12(16)8-10)20-7-1-2-14(19)17-6-5-11(18)9-17/h3-4,8,11,18H,1-2,5-7,9H2/t11-/m1/s1. The van der Waals surface area contributed by atoms with Crippen LogP contribution in [0.25, 0.3) is 0 Å². The van der Waals surface area contributed by atoms with E-state index in [2.05, 4.69) is 0 Å². The number of aliphatic hydroxyl groups is 1. The molecule has 1 aliphatic heterocycles. The second-order valence-electron chi connectivity index (χ2n) is 4.81. The van der Waals surface area contributed by atoms with Gasteiger partial charge in [0.05, 0.1) is 12.7 Å². The second-order valence-corrected chi connectivity index (χ2v) is 4.81. The Hall–Kier alpha value is -1.69. The lowest BCUT2D eigenvalue weighted by Gasteiger charge is -2.15. The van der Waals surface area contributed by atoms with E-state index in [9.17, 15) is 18.7 Å². The Balaban J connectivity index is 1.70. The third kappa shape index (κ3) is 3.90. The van der Waals surface area contributed by atoms with Gasteiger partial charge in [0.2, 0.25) is 5.91 Å². The van der Waals surface area contributed by atoms with Gasteiger partial charge in [0.25, 0.3) is 0 Å². The number of benzene rings is 1. The number of carbonyl (C=O) groups is 1. The molecule has 0 spiro atoms. The van der Waals surface area contributed by atoms with Gasteiger partial charge < -0.3 is 14.7 Å². The lowest BCUT2D eigenvalue weighted by Crippen LogP contribution is -2.29. The largest absolute Gasteiger partial charge is 0.491 e. The minimum absolute atomic E-state index is 0.0181. The molecular formula is C14H17F2NO3. The third-order valence-electron chi connectivity index (χ3n) is 3.20. The summed E-state index contributed by atoms with van der Waals surface area (Å²) in [7, 11) is 0. The molecule has 1 heterocycles. The highest BCUT2D eigenvalue weighted by Crippen LogP contribution is 2.18. The molecular weight excluding hydrogens is 268 g/mol. The first-order valence-corrected chi connectivity index (χ1v) is 6.60. The van der Waals surface area contributed by atoms with E-state index in [1.165, 1.54) is 6.07 Å². The molecule has 0 aliphatic carbocycles. The fourth-order valence-electron chi connectivity index (χ4n) is 2.12. The van der Waals surface area contributed by atoms with Crippen LogP contribution >= 0.6 is 0 Å². The van der Waals surface area contributed by atoms with E-state index in [1.807, 2.05) is 0 Å². The molecule has 110 valence electrons. The molecule has 1 aromatic rings. The predicted octanol–water partition coefficient (Wildman–Crippen LogP) is 1.72. The normalized spacial score (nSPS) is 18.4. The quantitative estimate of drug-likeness (QED) is 0.838. The number of nitrogens with zero attached hydrogens (tertiary/aromatic N) is 1.